The maximum Gasteiger partial charge on any atom is 0.0369 e. The first kappa shape index (κ1) is 13.0. The van der Waals surface area contributed by atoms with Gasteiger partial charge < -0.3 is 9.80 Å². The summed E-state index contributed by atoms with van der Waals surface area (Å²) in [6.45, 7) is 12.0. The predicted molar refractivity (Wildman–Crippen MR) is 81.9 cm³/mol. The Morgan fingerprint density at radius 3 is 2.42 bits per heavy atom. The van der Waals surface area contributed by atoms with E-state index in [1.165, 1.54) is 43.9 Å². The Hall–Kier alpha value is -1.02. The van der Waals surface area contributed by atoms with E-state index in [1.54, 1.807) is 0 Å². The van der Waals surface area contributed by atoms with E-state index in [-0.39, 0.29) is 5.41 Å². The van der Waals surface area contributed by atoms with Gasteiger partial charge >= 0.3 is 0 Å². The standard InChI is InChI=1S/C17H26N2/c1-5-16(2,3)14-7-6-8-15(9-14)19-12-17(13-19)10-18(4)11-17/h6-9H,5,10-13H2,1-4H3. The van der Waals surface area contributed by atoms with Gasteiger partial charge in [-0.25, -0.2) is 0 Å². The zero-order valence-electron chi connectivity index (χ0n) is 12.7. The fourth-order valence-corrected chi connectivity index (χ4v) is 3.57. The van der Waals surface area contributed by atoms with Gasteiger partial charge in [0.15, 0.2) is 0 Å². The fraction of sp³-hybridized carbons (Fsp3) is 0.647. The van der Waals surface area contributed by atoms with Crippen LogP contribution >= 0.6 is 0 Å². The Kier molecular flexibility index (Phi) is 2.90. The van der Waals surface area contributed by atoms with Crippen LogP contribution in [0.2, 0.25) is 0 Å². The molecule has 19 heavy (non-hydrogen) atoms. The molecule has 1 aromatic rings. The monoisotopic (exact) mass is 258 g/mol. The van der Waals surface area contributed by atoms with Crippen molar-refractivity contribution >= 4 is 5.69 Å². The first-order valence-corrected chi connectivity index (χ1v) is 7.48. The van der Waals surface area contributed by atoms with Crippen LogP contribution in [-0.4, -0.2) is 38.1 Å². The Morgan fingerprint density at radius 1 is 1.16 bits per heavy atom. The van der Waals surface area contributed by atoms with Gasteiger partial charge in [-0.2, -0.15) is 0 Å². The molecule has 3 rings (SSSR count). The zero-order chi connectivity index (χ0) is 13.7. The van der Waals surface area contributed by atoms with E-state index in [0.29, 0.717) is 5.41 Å². The highest BCUT2D eigenvalue weighted by Gasteiger charge is 2.50. The molecule has 1 aromatic carbocycles. The van der Waals surface area contributed by atoms with Crippen molar-refractivity contribution in [3.05, 3.63) is 29.8 Å². The topological polar surface area (TPSA) is 6.48 Å². The Balaban J connectivity index is 1.72. The van der Waals surface area contributed by atoms with Crippen LogP contribution < -0.4 is 4.90 Å². The van der Waals surface area contributed by atoms with E-state index < -0.39 is 0 Å². The normalized spacial score (nSPS) is 22.2. The van der Waals surface area contributed by atoms with E-state index in [0.717, 1.165) is 0 Å². The molecule has 2 aliphatic heterocycles. The van der Waals surface area contributed by atoms with Gasteiger partial charge in [0.05, 0.1) is 0 Å². The molecule has 0 aromatic heterocycles. The maximum atomic E-state index is 2.54. The van der Waals surface area contributed by atoms with Crippen LogP contribution in [0.25, 0.3) is 0 Å². The Labute approximate surface area is 117 Å². The van der Waals surface area contributed by atoms with Gasteiger partial charge in [-0.05, 0) is 36.6 Å². The van der Waals surface area contributed by atoms with Crippen LogP contribution in [0.15, 0.2) is 24.3 Å². The lowest BCUT2D eigenvalue weighted by Crippen LogP contribution is -2.71. The molecule has 0 aliphatic carbocycles. The molecule has 0 atom stereocenters. The molecule has 0 radical (unpaired) electrons. The number of rotatable bonds is 3. The van der Waals surface area contributed by atoms with E-state index in [9.17, 15) is 0 Å². The van der Waals surface area contributed by atoms with Gasteiger partial charge in [-0.15, -0.1) is 0 Å². The summed E-state index contributed by atoms with van der Waals surface area (Å²) >= 11 is 0. The molecule has 0 bridgehead atoms. The number of benzene rings is 1. The average molecular weight is 258 g/mol. The van der Waals surface area contributed by atoms with Crippen LogP contribution in [0.5, 0.6) is 0 Å². The molecule has 0 amide bonds. The fourth-order valence-electron chi connectivity index (χ4n) is 3.57. The minimum atomic E-state index is 0.287. The average Bonchev–Trinajstić information content (AvgIpc) is 2.32. The van der Waals surface area contributed by atoms with Crippen molar-refractivity contribution in [2.24, 2.45) is 5.41 Å². The molecule has 0 unspecified atom stereocenters. The van der Waals surface area contributed by atoms with E-state index in [2.05, 4.69) is 61.9 Å². The summed E-state index contributed by atoms with van der Waals surface area (Å²) < 4.78 is 0. The summed E-state index contributed by atoms with van der Waals surface area (Å²) in [6.07, 6.45) is 1.19. The quantitative estimate of drug-likeness (QED) is 0.822. The second-order valence-electron chi connectivity index (χ2n) is 7.32. The van der Waals surface area contributed by atoms with Crippen LogP contribution in [0.3, 0.4) is 0 Å². The van der Waals surface area contributed by atoms with Crippen LogP contribution in [-0.2, 0) is 5.41 Å². The molecule has 2 heteroatoms. The van der Waals surface area contributed by atoms with Crippen molar-refractivity contribution < 1.29 is 0 Å². The number of hydrogen-bond donors (Lipinski definition) is 0. The van der Waals surface area contributed by atoms with Crippen molar-refractivity contribution in [1.29, 1.82) is 0 Å². The first-order chi connectivity index (χ1) is 8.94. The largest absolute Gasteiger partial charge is 0.370 e. The van der Waals surface area contributed by atoms with Crippen molar-refractivity contribution in [1.82, 2.24) is 4.90 Å². The van der Waals surface area contributed by atoms with Gasteiger partial charge in [-0.1, -0.05) is 32.9 Å². The molecule has 2 heterocycles. The summed E-state index contributed by atoms with van der Waals surface area (Å²) in [6, 6.07) is 9.17. The minimum Gasteiger partial charge on any atom is -0.370 e. The van der Waals surface area contributed by atoms with Gasteiger partial charge in [0.1, 0.15) is 0 Å². The molecule has 2 nitrogen and oxygen atoms in total. The third-order valence-corrected chi connectivity index (χ3v) is 5.14. The molecule has 1 spiro atoms. The van der Waals surface area contributed by atoms with Gasteiger partial charge in [0, 0.05) is 37.3 Å². The summed E-state index contributed by atoms with van der Waals surface area (Å²) in [4.78, 5) is 4.97. The summed E-state index contributed by atoms with van der Waals surface area (Å²) in [7, 11) is 2.22. The molecule has 2 fully saturated rings. The van der Waals surface area contributed by atoms with Gasteiger partial charge in [0.2, 0.25) is 0 Å². The number of nitrogens with zero attached hydrogens (tertiary/aromatic N) is 2. The second kappa shape index (κ2) is 4.24. The molecule has 2 saturated heterocycles. The molecule has 0 saturated carbocycles. The lowest BCUT2D eigenvalue weighted by atomic mass is 9.73. The van der Waals surface area contributed by atoms with Crippen LogP contribution in [0, 0.1) is 5.41 Å². The summed E-state index contributed by atoms with van der Waals surface area (Å²) in [5.41, 5.74) is 3.79. The highest BCUT2D eigenvalue weighted by atomic mass is 15.3. The SMILES string of the molecule is CCC(C)(C)c1cccc(N2CC3(CN(C)C3)C2)c1. The molecular formula is C17H26N2. The predicted octanol–water partition coefficient (Wildman–Crippen LogP) is 3.13. The third kappa shape index (κ3) is 2.16. The summed E-state index contributed by atoms with van der Waals surface area (Å²) in [5, 5.41) is 0. The molecular weight excluding hydrogens is 232 g/mol. The lowest BCUT2D eigenvalue weighted by molar-refractivity contribution is -0.00239. The third-order valence-electron chi connectivity index (χ3n) is 5.14. The lowest BCUT2D eigenvalue weighted by Gasteiger charge is -2.60. The van der Waals surface area contributed by atoms with E-state index in [1.807, 2.05) is 0 Å². The molecule has 104 valence electrons. The smallest absolute Gasteiger partial charge is 0.0369 e. The number of likely N-dealkylation sites (tertiary alicyclic amines) is 1. The zero-order valence-corrected chi connectivity index (χ0v) is 12.7. The molecule has 2 aliphatic rings. The molecule has 0 N–H and O–H groups in total. The summed E-state index contributed by atoms with van der Waals surface area (Å²) in [5.74, 6) is 0. The van der Waals surface area contributed by atoms with Crippen molar-refractivity contribution in [2.75, 3.05) is 38.1 Å². The maximum absolute atomic E-state index is 2.54. The Morgan fingerprint density at radius 2 is 1.84 bits per heavy atom. The first-order valence-electron chi connectivity index (χ1n) is 7.48. The van der Waals surface area contributed by atoms with Crippen molar-refractivity contribution in [3.8, 4) is 0 Å². The van der Waals surface area contributed by atoms with E-state index in [4.69, 9.17) is 0 Å². The highest BCUT2D eigenvalue weighted by Crippen LogP contribution is 2.41. The van der Waals surface area contributed by atoms with E-state index >= 15 is 0 Å². The minimum absolute atomic E-state index is 0.287. The van der Waals surface area contributed by atoms with Gasteiger partial charge in [0.25, 0.3) is 0 Å². The van der Waals surface area contributed by atoms with Crippen LogP contribution in [0.1, 0.15) is 32.8 Å². The highest BCUT2D eigenvalue weighted by molar-refractivity contribution is 5.53. The number of hydrogen-bond acceptors (Lipinski definition) is 2. The van der Waals surface area contributed by atoms with Crippen molar-refractivity contribution in [3.63, 3.8) is 0 Å². The number of anilines is 1. The van der Waals surface area contributed by atoms with Crippen molar-refractivity contribution in [2.45, 2.75) is 32.6 Å². The van der Waals surface area contributed by atoms with Gasteiger partial charge in [-0.3, -0.25) is 0 Å². The van der Waals surface area contributed by atoms with Crippen LogP contribution in [0.4, 0.5) is 5.69 Å². The second-order valence-corrected chi connectivity index (χ2v) is 7.32. The Bertz CT molecular complexity index is 464.